The van der Waals surface area contributed by atoms with E-state index in [0.29, 0.717) is 51.3 Å². The molecule has 3 N–H and O–H groups in total. The van der Waals surface area contributed by atoms with E-state index in [-0.39, 0.29) is 30.9 Å². The molecule has 0 aromatic heterocycles. The molecule has 10 nitrogen and oxygen atoms in total. The highest BCUT2D eigenvalue weighted by Crippen LogP contribution is 2.63. The van der Waals surface area contributed by atoms with Crippen LogP contribution in [-0.2, 0) is 23.9 Å². The second-order valence-corrected chi connectivity index (χ2v) is 10.4. The Bertz CT molecular complexity index is 986. The topological polar surface area (TPSA) is 120 Å². The average molecular weight is 501 g/mol. The summed E-state index contributed by atoms with van der Waals surface area (Å²) in [7, 11) is 0. The number of likely N-dealkylation sites (tertiary alicyclic amines) is 1. The van der Waals surface area contributed by atoms with Gasteiger partial charge in [-0.3, -0.25) is 19.3 Å². The average Bonchev–Trinajstić information content (AvgIpc) is 3.44. The Balaban J connectivity index is 1.37. The Morgan fingerprint density at radius 1 is 1.11 bits per heavy atom. The highest BCUT2D eigenvalue weighted by atomic mass is 16.5. The summed E-state index contributed by atoms with van der Waals surface area (Å²) in [4.78, 5) is 44.7. The molecule has 36 heavy (non-hydrogen) atoms. The molecule has 2 unspecified atom stereocenters. The summed E-state index contributed by atoms with van der Waals surface area (Å²) < 4.78 is 12.0. The summed E-state index contributed by atoms with van der Waals surface area (Å²) in [6.45, 7) is 6.20. The molecule has 0 aliphatic carbocycles. The Labute approximate surface area is 211 Å². The number of carbonyl (C=O) groups excluding carboxylic acids is 3. The van der Waals surface area contributed by atoms with E-state index in [1.165, 1.54) is 0 Å². The molecule has 0 radical (unpaired) electrons. The third-order valence-electron chi connectivity index (χ3n) is 8.24. The van der Waals surface area contributed by atoms with E-state index in [2.05, 4.69) is 15.5 Å². The highest BCUT2D eigenvalue weighted by molar-refractivity contribution is 6.02. The quantitative estimate of drug-likeness (QED) is 0.444. The van der Waals surface area contributed by atoms with Gasteiger partial charge in [0.1, 0.15) is 11.6 Å². The van der Waals surface area contributed by atoms with Crippen LogP contribution in [0.2, 0.25) is 0 Å². The first-order valence-electron chi connectivity index (χ1n) is 12.9. The van der Waals surface area contributed by atoms with Crippen LogP contribution in [0.15, 0.2) is 30.3 Å². The number of anilines is 1. The number of aliphatic hydroxyl groups excluding tert-OH is 1. The molecule has 4 saturated heterocycles. The molecule has 1 spiro atoms. The number of para-hydroxylation sites is 1. The molecule has 1 aromatic carbocycles. The van der Waals surface area contributed by atoms with Gasteiger partial charge >= 0.3 is 0 Å². The molecule has 196 valence electrons. The number of aliphatic hydroxyl groups is 1. The van der Waals surface area contributed by atoms with Crippen LogP contribution in [0.4, 0.5) is 5.69 Å². The predicted octanol–water partition coefficient (Wildman–Crippen LogP) is 0.221. The molecule has 4 heterocycles. The molecule has 10 heteroatoms. The smallest absolute Gasteiger partial charge is 0.245 e. The molecule has 1 aromatic rings. The lowest BCUT2D eigenvalue weighted by Crippen LogP contribution is -2.56. The highest BCUT2D eigenvalue weighted by Gasteiger charge is 2.77. The lowest BCUT2D eigenvalue weighted by atomic mass is 9.66. The number of morpholine rings is 1. The monoisotopic (exact) mass is 500 g/mol. The maximum absolute atomic E-state index is 13.8. The fourth-order valence-electron chi connectivity index (χ4n) is 6.61. The zero-order valence-corrected chi connectivity index (χ0v) is 20.8. The van der Waals surface area contributed by atoms with E-state index in [9.17, 15) is 19.5 Å². The van der Waals surface area contributed by atoms with E-state index >= 15 is 0 Å². The number of fused-ring (bicyclic) bond motifs is 1. The maximum Gasteiger partial charge on any atom is 0.245 e. The SMILES string of the molecule is C[C@@]12CCC3(O1)C(C(=O)NCCN1CCOCC1)N(CCCO)C(=O)[C@@H]3[C@@H]2C(=O)Nc1ccccc1. The number of hydrogen-bond donors (Lipinski definition) is 3. The molecule has 4 aliphatic rings. The van der Waals surface area contributed by atoms with Gasteiger partial charge in [-0.25, -0.2) is 0 Å². The molecule has 4 aliphatic heterocycles. The van der Waals surface area contributed by atoms with Gasteiger partial charge in [0, 0.05) is 45.0 Å². The number of ether oxygens (including phenoxy) is 2. The van der Waals surface area contributed by atoms with Gasteiger partial charge in [0.15, 0.2) is 0 Å². The Morgan fingerprint density at radius 2 is 1.86 bits per heavy atom. The molecular formula is C26H36N4O6. The summed E-state index contributed by atoms with van der Waals surface area (Å²) in [6, 6.07) is 8.32. The minimum atomic E-state index is -1.05. The second kappa shape index (κ2) is 10.1. The number of nitrogens with one attached hydrogen (secondary N) is 2. The van der Waals surface area contributed by atoms with Crippen LogP contribution in [0.25, 0.3) is 0 Å². The Kier molecular flexibility index (Phi) is 7.04. The number of benzene rings is 1. The van der Waals surface area contributed by atoms with Crippen molar-refractivity contribution in [2.24, 2.45) is 11.8 Å². The van der Waals surface area contributed by atoms with Crippen LogP contribution in [0.1, 0.15) is 26.2 Å². The maximum atomic E-state index is 13.8. The van der Waals surface area contributed by atoms with Crippen molar-refractivity contribution < 1.29 is 29.0 Å². The summed E-state index contributed by atoms with van der Waals surface area (Å²) >= 11 is 0. The number of nitrogens with zero attached hydrogens (tertiary/aromatic N) is 2. The minimum Gasteiger partial charge on any atom is -0.396 e. The van der Waals surface area contributed by atoms with Crippen molar-refractivity contribution >= 4 is 23.4 Å². The number of amides is 3. The van der Waals surface area contributed by atoms with Gasteiger partial charge in [-0.15, -0.1) is 0 Å². The Hall–Kier alpha value is -2.53. The van der Waals surface area contributed by atoms with Crippen LogP contribution in [-0.4, -0.2) is 102 Å². The molecule has 0 saturated carbocycles. The molecule has 2 bridgehead atoms. The molecule has 5 rings (SSSR count). The van der Waals surface area contributed by atoms with Crippen molar-refractivity contribution in [3.8, 4) is 0 Å². The Morgan fingerprint density at radius 3 is 2.58 bits per heavy atom. The molecule has 3 amide bonds. The molecule has 5 atom stereocenters. The van der Waals surface area contributed by atoms with Gasteiger partial charge in [-0.1, -0.05) is 18.2 Å². The van der Waals surface area contributed by atoms with Crippen molar-refractivity contribution in [1.82, 2.24) is 15.1 Å². The van der Waals surface area contributed by atoms with E-state index in [4.69, 9.17) is 9.47 Å². The summed E-state index contributed by atoms with van der Waals surface area (Å²) in [5.74, 6) is -2.21. The van der Waals surface area contributed by atoms with Crippen molar-refractivity contribution in [1.29, 1.82) is 0 Å². The van der Waals surface area contributed by atoms with Gasteiger partial charge < -0.3 is 30.1 Å². The largest absolute Gasteiger partial charge is 0.396 e. The number of hydrogen-bond acceptors (Lipinski definition) is 7. The van der Waals surface area contributed by atoms with Gasteiger partial charge in [0.2, 0.25) is 17.7 Å². The van der Waals surface area contributed by atoms with Crippen LogP contribution in [0, 0.1) is 11.8 Å². The van der Waals surface area contributed by atoms with Crippen molar-refractivity contribution in [3.05, 3.63) is 30.3 Å². The lowest BCUT2D eigenvalue weighted by molar-refractivity contribution is -0.145. The van der Waals surface area contributed by atoms with E-state index < -0.39 is 29.1 Å². The second-order valence-electron chi connectivity index (χ2n) is 10.4. The molecular weight excluding hydrogens is 464 g/mol. The summed E-state index contributed by atoms with van der Waals surface area (Å²) in [6.07, 6.45) is 1.48. The van der Waals surface area contributed by atoms with Crippen LogP contribution in [0.3, 0.4) is 0 Å². The van der Waals surface area contributed by atoms with E-state index in [0.717, 1.165) is 13.1 Å². The standard InChI is InChI=1S/C26H36N4O6/c1-25-8-9-26(36-25)20(19(25)22(32)28-18-6-3-2-4-7-18)24(34)30(11-5-15-31)21(26)23(33)27-10-12-29-13-16-35-17-14-29/h2-4,6-7,19-21,31H,5,8-17H2,1H3,(H,27,33)(H,28,32)/t19-,20+,21?,25+,26?/m1/s1. The summed E-state index contributed by atoms with van der Waals surface area (Å²) in [5.41, 5.74) is -1.22. The predicted molar refractivity (Wildman–Crippen MR) is 131 cm³/mol. The first-order valence-corrected chi connectivity index (χ1v) is 12.9. The zero-order valence-electron chi connectivity index (χ0n) is 20.8. The van der Waals surface area contributed by atoms with Crippen molar-refractivity contribution in [3.63, 3.8) is 0 Å². The van der Waals surface area contributed by atoms with Crippen LogP contribution < -0.4 is 10.6 Å². The van der Waals surface area contributed by atoms with E-state index in [1.807, 2.05) is 25.1 Å². The van der Waals surface area contributed by atoms with Crippen LogP contribution >= 0.6 is 0 Å². The van der Waals surface area contributed by atoms with E-state index in [1.54, 1.807) is 17.0 Å². The van der Waals surface area contributed by atoms with Gasteiger partial charge in [0.05, 0.1) is 30.7 Å². The summed E-state index contributed by atoms with van der Waals surface area (Å²) in [5, 5.41) is 15.4. The third kappa shape index (κ3) is 4.30. The zero-order chi connectivity index (χ0) is 25.3. The van der Waals surface area contributed by atoms with Crippen molar-refractivity contribution in [2.45, 2.75) is 43.4 Å². The van der Waals surface area contributed by atoms with Gasteiger partial charge in [-0.05, 0) is 38.3 Å². The van der Waals surface area contributed by atoms with Crippen LogP contribution in [0.5, 0.6) is 0 Å². The first kappa shape index (κ1) is 25.1. The third-order valence-corrected chi connectivity index (χ3v) is 8.24. The minimum absolute atomic E-state index is 0.0939. The van der Waals surface area contributed by atoms with Gasteiger partial charge in [0.25, 0.3) is 0 Å². The fourth-order valence-corrected chi connectivity index (χ4v) is 6.61. The lowest BCUT2D eigenvalue weighted by Gasteiger charge is -2.33. The van der Waals surface area contributed by atoms with Gasteiger partial charge in [-0.2, -0.15) is 0 Å². The molecule has 4 fully saturated rings. The van der Waals surface area contributed by atoms with Crippen molar-refractivity contribution in [2.75, 3.05) is 57.9 Å². The fraction of sp³-hybridized carbons (Fsp3) is 0.654. The first-order chi connectivity index (χ1) is 17.4. The normalized spacial score (nSPS) is 33.6. The number of rotatable bonds is 9. The number of carbonyl (C=O) groups is 3.